The number of nitrogens with zero attached hydrogens (tertiary/aromatic N) is 2. The van der Waals surface area contributed by atoms with Gasteiger partial charge >= 0.3 is 0 Å². The van der Waals surface area contributed by atoms with Gasteiger partial charge in [0.15, 0.2) is 11.5 Å². The molecular formula is C14H20N2O3. The first-order chi connectivity index (χ1) is 9.31. The highest BCUT2D eigenvalue weighted by Gasteiger charge is 2.09. The van der Waals surface area contributed by atoms with E-state index in [2.05, 4.69) is 9.89 Å². The highest BCUT2D eigenvalue weighted by atomic mass is 16.5. The number of hydrogen-bond acceptors (Lipinski definition) is 5. The van der Waals surface area contributed by atoms with Crippen molar-refractivity contribution in [3.63, 3.8) is 0 Å². The molecular weight excluding hydrogens is 244 g/mol. The molecule has 5 heteroatoms. The summed E-state index contributed by atoms with van der Waals surface area (Å²) < 4.78 is 10.3. The molecule has 1 aliphatic rings. The number of ether oxygens (including phenoxy) is 2. The SMILES string of the molecule is COc1cccc(C=NCCN2CCOCC2)c1O. The van der Waals surface area contributed by atoms with Gasteiger partial charge in [0.05, 0.1) is 26.9 Å². The van der Waals surface area contributed by atoms with Crippen LogP contribution in [0.1, 0.15) is 5.56 Å². The van der Waals surface area contributed by atoms with Gasteiger partial charge in [0, 0.05) is 31.4 Å². The second-order valence-corrected chi connectivity index (χ2v) is 4.39. The number of rotatable bonds is 5. The van der Waals surface area contributed by atoms with Crippen LogP contribution in [0.2, 0.25) is 0 Å². The minimum atomic E-state index is 0.139. The first kappa shape index (κ1) is 13.8. The number of morpholine rings is 1. The van der Waals surface area contributed by atoms with Crippen molar-refractivity contribution in [1.82, 2.24) is 4.90 Å². The van der Waals surface area contributed by atoms with Gasteiger partial charge in [0.1, 0.15) is 0 Å². The Hall–Kier alpha value is -1.59. The molecule has 0 aliphatic carbocycles. The van der Waals surface area contributed by atoms with Crippen LogP contribution in [0.25, 0.3) is 0 Å². The number of para-hydroxylation sites is 1. The summed E-state index contributed by atoms with van der Waals surface area (Å²) in [6.45, 7) is 5.20. The van der Waals surface area contributed by atoms with Gasteiger partial charge in [-0.15, -0.1) is 0 Å². The summed E-state index contributed by atoms with van der Waals surface area (Å²) in [5.41, 5.74) is 0.682. The van der Waals surface area contributed by atoms with E-state index in [1.54, 1.807) is 12.3 Å². The predicted octanol–water partition coefficient (Wildman–Crippen LogP) is 1.15. The molecule has 5 nitrogen and oxygen atoms in total. The highest BCUT2D eigenvalue weighted by Crippen LogP contribution is 2.27. The molecule has 0 bridgehead atoms. The van der Waals surface area contributed by atoms with Crippen molar-refractivity contribution >= 4 is 6.21 Å². The van der Waals surface area contributed by atoms with E-state index in [1.165, 1.54) is 7.11 Å². The molecule has 2 rings (SSSR count). The molecule has 0 amide bonds. The molecule has 0 spiro atoms. The molecule has 1 heterocycles. The Morgan fingerprint density at radius 3 is 2.95 bits per heavy atom. The lowest BCUT2D eigenvalue weighted by Gasteiger charge is -2.25. The van der Waals surface area contributed by atoms with Gasteiger partial charge in [-0.2, -0.15) is 0 Å². The zero-order valence-corrected chi connectivity index (χ0v) is 11.2. The van der Waals surface area contributed by atoms with E-state index in [1.807, 2.05) is 12.1 Å². The fourth-order valence-corrected chi connectivity index (χ4v) is 2.00. The molecule has 0 radical (unpaired) electrons. The standard InChI is InChI=1S/C14H20N2O3/c1-18-13-4-2-3-12(14(13)17)11-15-5-6-16-7-9-19-10-8-16/h2-4,11,17H,5-10H2,1H3. The highest BCUT2D eigenvalue weighted by molar-refractivity contribution is 5.84. The number of methoxy groups -OCH3 is 1. The average Bonchev–Trinajstić information content (AvgIpc) is 2.46. The first-order valence-electron chi connectivity index (χ1n) is 6.47. The third-order valence-electron chi connectivity index (χ3n) is 3.13. The molecule has 1 saturated heterocycles. The molecule has 1 aromatic rings. The topological polar surface area (TPSA) is 54.3 Å². The molecule has 0 saturated carbocycles. The molecule has 0 unspecified atom stereocenters. The van der Waals surface area contributed by atoms with E-state index in [0.29, 0.717) is 11.3 Å². The number of phenolic OH excluding ortho intramolecular Hbond substituents is 1. The first-order valence-corrected chi connectivity index (χ1v) is 6.47. The normalized spacial score (nSPS) is 16.9. The maximum absolute atomic E-state index is 9.89. The third kappa shape index (κ3) is 3.94. The largest absolute Gasteiger partial charge is 0.504 e. The molecule has 1 fully saturated rings. The Morgan fingerprint density at radius 1 is 1.42 bits per heavy atom. The quantitative estimate of drug-likeness (QED) is 0.811. The van der Waals surface area contributed by atoms with E-state index in [9.17, 15) is 5.11 Å². The van der Waals surface area contributed by atoms with Gasteiger partial charge in [-0.05, 0) is 12.1 Å². The number of phenols is 1. The maximum Gasteiger partial charge on any atom is 0.166 e. The fourth-order valence-electron chi connectivity index (χ4n) is 2.00. The van der Waals surface area contributed by atoms with Gasteiger partial charge < -0.3 is 14.6 Å². The van der Waals surface area contributed by atoms with Crippen LogP contribution in [0.15, 0.2) is 23.2 Å². The molecule has 0 atom stereocenters. The van der Waals surface area contributed by atoms with E-state index in [-0.39, 0.29) is 5.75 Å². The Kier molecular flexibility index (Phi) is 5.18. The molecule has 1 aliphatic heterocycles. The van der Waals surface area contributed by atoms with Crippen molar-refractivity contribution in [1.29, 1.82) is 0 Å². The number of hydrogen-bond donors (Lipinski definition) is 1. The summed E-state index contributed by atoms with van der Waals surface area (Å²) in [5.74, 6) is 0.609. The lowest BCUT2D eigenvalue weighted by Crippen LogP contribution is -2.37. The van der Waals surface area contributed by atoms with Crippen molar-refractivity contribution in [2.24, 2.45) is 4.99 Å². The summed E-state index contributed by atoms with van der Waals surface area (Å²) >= 11 is 0. The minimum absolute atomic E-state index is 0.139. The van der Waals surface area contributed by atoms with Crippen molar-refractivity contribution in [2.75, 3.05) is 46.5 Å². The lowest BCUT2D eigenvalue weighted by atomic mass is 10.2. The molecule has 19 heavy (non-hydrogen) atoms. The van der Waals surface area contributed by atoms with Crippen LogP contribution in [0.5, 0.6) is 11.5 Å². The average molecular weight is 264 g/mol. The second kappa shape index (κ2) is 7.11. The summed E-state index contributed by atoms with van der Waals surface area (Å²) in [7, 11) is 1.54. The number of aromatic hydroxyl groups is 1. The zero-order valence-electron chi connectivity index (χ0n) is 11.2. The Morgan fingerprint density at radius 2 is 2.21 bits per heavy atom. The fraction of sp³-hybridized carbons (Fsp3) is 0.500. The summed E-state index contributed by atoms with van der Waals surface area (Å²) in [4.78, 5) is 6.67. The van der Waals surface area contributed by atoms with Crippen molar-refractivity contribution < 1.29 is 14.6 Å². The summed E-state index contributed by atoms with van der Waals surface area (Å²) in [6, 6.07) is 5.37. The van der Waals surface area contributed by atoms with Crippen LogP contribution in [-0.4, -0.2) is 62.7 Å². The Balaban J connectivity index is 1.84. The van der Waals surface area contributed by atoms with Crippen molar-refractivity contribution in [3.8, 4) is 11.5 Å². The second-order valence-electron chi connectivity index (χ2n) is 4.39. The molecule has 0 aromatic heterocycles. The van der Waals surface area contributed by atoms with E-state index in [0.717, 1.165) is 39.4 Å². The zero-order chi connectivity index (χ0) is 13.5. The van der Waals surface area contributed by atoms with Crippen LogP contribution < -0.4 is 4.74 Å². The molecule has 104 valence electrons. The summed E-state index contributed by atoms with van der Waals surface area (Å²) in [6.07, 6.45) is 1.69. The monoisotopic (exact) mass is 264 g/mol. The van der Waals surface area contributed by atoms with Crippen molar-refractivity contribution in [3.05, 3.63) is 23.8 Å². The number of aliphatic imine (C=N–C) groups is 1. The maximum atomic E-state index is 9.89. The third-order valence-corrected chi connectivity index (χ3v) is 3.13. The molecule has 1 aromatic carbocycles. The van der Waals surface area contributed by atoms with E-state index < -0.39 is 0 Å². The van der Waals surface area contributed by atoms with E-state index in [4.69, 9.17) is 9.47 Å². The Bertz CT molecular complexity index is 429. The van der Waals surface area contributed by atoms with Crippen LogP contribution in [0, 0.1) is 0 Å². The lowest BCUT2D eigenvalue weighted by molar-refractivity contribution is 0.0395. The van der Waals surface area contributed by atoms with Crippen molar-refractivity contribution in [2.45, 2.75) is 0 Å². The van der Waals surface area contributed by atoms with Crippen LogP contribution in [-0.2, 0) is 4.74 Å². The number of benzene rings is 1. The smallest absolute Gasteiger partial charge is 0.166 e. The van der Waals surface area contributed by atoms with Crippen LogP contribution >= 0.6 is 0 Å². The van der Waals surface area contributed by atoms with Gasteiger partial charge in [0.25, 0.3) is 0 Å². The molecule has 1 N–H and O–H groups in total. The Labute approximate surface area is 113 Å². The summed E-state index contributed by atoms with van der Waals surface area (Å²) in [5, 5.41) is 9.89. The van der Waals surface area contributed by atoms with Gasteiger partial charge in [-0.3, -0.25) is 9.89 Å². The van der Waals surface area contributed by atoms with Gasteiger partial charge in [0.2, 0.25) is 0 Å². The van der Waals surface area contributed by atoms with Crippen LogP contribution in [0.4, 0.5) is 0 Å². The minimum Gasteiger partial charge on any atom is -0.504 e. The van der Waals surface area contributed by atoms with E-state index >= 15 is 0 Å². The van der Waals surface area contributed by atoms with Gasteiger partial charge in [-0.1, -0.05) is 6.07 Å². The van der Waals surface area contributed by atoms with Gasteiger partial charge in [-0.25, -0.2) is 0 Å². The predicted molar refractivity (Wildman–Crippen MR) is 74.4 cm³/mol. The van der Waals surface area contributed by atoms with Crippen LogP contribution in [0.3, 0.4) is 0 Å².